The average molecular weight is 559 g/mol. The van der Waals surface area contributed by atoms with Crippen LogP contribution in [-0.4, -0.2) is 53.9 Å². The third kappa shape index (κ3) is 5.09. The van der Waals surface area contributed by atoms with Crippen molar-refractivity contribution in [2.24, 2.45) is 0 Å². The van der Waals surface area contributed by atoms with Gasteiger partial charge in [-0.05, 0) is 49.6 Å². The molecule has 0 radical (unpaired) electrons. The Hall–Kier alpha value is -3.18. The van der Waals surface area contributed by atoms with Gasteiger partial charge in [0.05, 0.1) is 10.7 Å². The monoisotopic (exact) mass is 558 g/mol. The number of nitrogens with zero attached hydrogens (tertiary/aromatic N) is 2. The molecule has 200 valence electrons. The molecule has 2 fully saturated rings. The lowest BCUT2D eigenvalue weighted by molar-refractivity contribution is 0.103. The van der Waals surface area contributed by atoms with Crippen LogP contribution >= 0.6 is 11.6 Å². The van der Waals surface area contributed by atoms with Crippen LogP contribution in [0.5, 0.6) is 5.75 Å². The number of halogens is 2. The fourth-order valence-electron chi connectivity index (χ4n) is 5.24. The summed E-state index contributed by atoms with van der Waals surface area (Å²) in [6.45, 7) is 2.81. The predicted octanol–water partition coefficient (Wildman–Crippen LogP) is 5.17. The molecule has 2 aliphatic rings. The van der Waals surface area contributed by atoms with E-state index in [9.17, 15) is 22.7 Å². The molecule has 2 bridgehead atoms. The van der Waals surface area contributed by atoms with E-state index >= 15 is 0 Å². The van der Waals surface area contributed by atoms with Gasteiger partial charge >= 0.3 is 6.03 Å². The van der Waals surface area contributed by atoms with Crippen molar-refractivity contribution in [3.8, 4) is 5.75 Å². The van der Waals surface area contributed by atoms with Crippen molar-refractivity contribution >= 4 is 39.0 Å². The number of fused-ring (bicyclic) bond motifs is 2. The van der Waals surface area contributed by atoms with Gasteiger partial charge in [0.25, 0.3) is 0 Å². The molecular weight excluding hydrogens is 531 g/mol. The van der Waals surface area contributed by atoms with Crippen LogP contribution in [0.3, 0.4) is 0 Å². The number of anilines is 2. The van der Waals surface area contributed by atoms with Crippen LogP contribution in [0.1, 0.15) is 24.0 Å². The molecule has 2 amide bonds. The van der Waals surface area contributed by atoms with Gasteiger partial charge in [-0.1, -0.05) is 48.0 Å². The van der Waals surface area contributed by atoms with Crippen molar-refractivity contribution in [3.63, 3.8) is 0 Å². The summed E-state index contributed by atoms with van der Waals surface area (Å²) in [5.41, 5.74) is 1.53. The van der Waals surface area contributed by atoms with E-state index in [4.69, 9.17) is 11.6 Å². The number of hydrogen-bond donors (Lipinski definition) is 3. The Morgan fingerprint density at radius 2 is 1.66 bits per heavy atom. The fourth-order valence-corrected chi connectivity index (χ4v) is 7.35. The van der Waals surface area contributed by atoms with Crippen molar-refractivity contribution in [2.75, 3.05) is 23.7 Å². The Labute approximate surface area is 226 Å². The van der Waals surface area contributed by atoms with Crippen LogP contribution in [0.2, 0.25) is 5.02 Å². The smallest absolute Gasteiger partial charge is 0.323 e. The van der Waals surface area contributed by atoms with Crippen molar-refractivity contribution in [1.29, 1.82) is 0 Å². The number of phenolic OH excluding ortho intramolecular Hbond substituents is 1. The summed E-state index contributed by atoms with van der Waals surface area (Å²) < 4.78 is 42.6. The minimum atomic E-state index is -4.17. The minimum Gasteiger partial charge on any atom is -0.504 e. The number of phenols is 1. The average Bonchev–Trinajstić information content (AvgIpc) is 3.09. The molecule has 0 unspecified atom stereocenters. The van der Waals surface area contributed by atoms with E-state index in [0.29, 0.717) is 0 Å². The zero-order chi connectivity index (χ0) is 27.0. The third-order valence-electron chi connectivity index (χ3n) is 7.25. The largest absolute Gasteiger partial charge is 0.504 e. The number of nitrogens with one attached hydrogen (secondary N) is 2. The number of sulfonamides is 1. The number of aromatic hydroxyl groups is 1. The number of rotatable bonds is 6. The number of benzene rings is 3. The molecule has 3 N–H and O–H groups in total. The van der Waals surface area contributed by atoms with E-state index in [1.807, 2.05) is 18.2 Å². The Balaban J connectivity index is 1.34. The topological polar surface area (TPSA) is 102 Å². The molecule has 2 aliphatic heterocycles. The lowest BCUT2D eigenvalue weighted by atomic mass is 10.1. The molecule has 2 saturated heterocycles. The van der Waals surface area contributed by atoms with Gasteiger partial charge in [-0.3, -0.25) is 4.90 Å². The second-order valence-electron chi connectivity index (χ2n) is 9.63. The van der Waals surface area contributed by atoms with Crippen LogP contribution in [0.4, 0.5) is 20.6 Å². The quantitative estimate of drug-likeness (QED) is 0.362. The Kier molecular flexibility index (Phi) is 7.32. The lowest BCUT2D eigenvalue weighted by Crippen LogP contribution is -2.54. The molecule has 38 heavy (non-hydrogen) atoms. The zero-order valence-corrected chi connectivity index (χ0v) is 22.3. The summed E-state index contributed by atoms with van der Waals surface area (Å²) in [6.07, 6.45) is 1.76. The molecule has 0 saturated carbocycles. The molecule has 0 aliphatic carbocycles. The van der Waals surface area contributed by atoms with Gasteiger partial charge in [-0.15, -0.1) is 0 Å². The van der Waals surface area contributed by atoms with E-state index in [1.165, 1.54) is 47.1 Å². The number of hydrogen-bond acceptors (Lipinski definition) is 5. The molecule has 2 heterocycles. The maximum absolute atomic E-state index is 13.8. The number of amides is 2. The zero-order valence-electron chi connectivity index (χ0n) is 20.7. The van der Waals surface area contributed by atoms with E-state index in [1.54, 1.807) is 0 Å². The van der Waals surface area contributed by atoms with Gasteiger partial charge in [0.15, 0.2) is 5.75 Å². The SMILES string of the molecule is Cc1c(F)cccc1NC(=O)Nc1ccc(Cl)c(S(=O)(=O)N2C[C@@H]3CC[C@@H](C2)N3Cc2ccccc2)c1O. The van der Waals surface area contributed by atoms with Gasteiger partial charge in [-0.2, -0.15) is 4.31 Å². The molecule has 8 nitrogen and oxygen atoms in total. The first-order chi connectivity index (χ1) is 18.1. The second kappa shape index (κ2) is 10.5. The highest BCUT2D eigenvalue weighted by Gasteiger charge is 2.45. The van der Waals surface area contributed by atoms with E-state index in [2.05, 4.69) is 27.7 Å². The molecule has 0 aromatic heterocycles. The van der Waals surface area contributed by atoms with Crippen LogP contribution in [0.15, 0.2) is 65.6 Å². The second-order valence-corrected chi connectivity index (χ2v) is 11.9. The van der Waals surface area contributed by atoms with Crippen molar-refractivity contribution in [3.05, 3.63) is 82.6 Å². The maximum atomic E-state index is 13.8. The summed E-state index contributed by atoms with van der Waals surface area (Å²) in [5, 5.41) is 15.7. The molecule has 3 aromatic rings. The van der Waals surface area contributed by atoms with E-state index in [-0.39, 0.29) is 47.1 Å². The van der Waals surface area contributed by atoms with Gasteiger partial charge < -0.3 is 15.7 Å². The number of carbonyl (C=O) groups excluding carboxylic acids is 1. The van der Waals surface area contributed by atoms with Crippen LogP contribution < -0.4 is 10.6 Å². The first-order valence-electron chi connectivity index (χ1n) is 12.3. The first-order valence-corrected chi connectivity index (χ1v) is 14.1. The molecule has 2 atom stereocenters. The van der Waals surface area contributed by atoms with Crippen molar-refractivity contribution in [1.82, 2.24) is 9.21 Å². The molecule has 3 aromatic carbocycles. The normalized spacial score (nSPS) is 19.9. The van der Waals surface area contributed by atoms with Crippen molar-refractivity contribution < 1.29 is 22.7 Å². The number of carbonyl (C=O) groups is 1. The standard InChI is InChI=1S/C27H28ClFN4O4S/c1-17-22(29)8-5-9-23(17)30-27(35)31-24-13-12-21(28)26(25(24)34)38(36,37)32-15-19-10-11-20(16-32)33(19)14-18-6-3-2-4-7-18/h2-9,12-13,19-20,34H,10-11,14-16H2,1H3,(H2,30,31,35)/t19-,20-/m0/s1. The van der Waals surface area contributed by atoms with E-state index < -0.39 is 32.5 Å². The van der Waals surface area contributed by atoms with Gasteiger partial charge in [-0.25, -0.2) is 17.6 Å². The third-order valence-corrected chi connectivity index (χ3v) is 9.59. The summed E-state index contributed by atoms with van der Waals surface area (Å²) >= 11 is 6.29. The van der Waals surface area contributed by atoms with Gasteiger partial charge in [0.2, 0.25) is 10.0 Å². The van der Waals surface area contributed by atoms with Gasteiger partial charge in [0, 0.05) is 43.0 Å². The van der Waals surface area contributed by atoms with Crippen LogP contribution in [0, 0.1) is 12.7 Å². The summed E-state index contributed by atoms with van der Waals surface area (Å²) in [5.74, 6) is -1.13. The number of urea groups is 1. The summed E-state index contributed by atoms with van der Waals surface area (Å²) in [6, 6.07) is 16.3. The fraction of sp³-hybridized carbons (Fsp3) is 0.296. The Bertz CT molecular complexity index is 1460. The molecular formula is C27H28ClFN4O4S. The lowest BCUT2D eigenvalue weighted by Gasteiger charge is -2.40. The maximum Gasteiger partial charge on any atom is 0.323 e. The van der Waals surface area contributed by atoms with Gasteiger partial charge in [0.1, 0.15) is 10.7 Å². The predicted molar refractivity (Wildman–Crippen MR) is 144 cm³/mol. The van der Waals surface area contributed by atoms with Crippen LogP contribution in [-0.2, 0) is 16.6 Å². The minimum absolute atomic E-state index is 0.0474. The molecule has 11 heteroatoms. The first kappa shape index (κ1) is 26.4. The Morgan fingerprint density at radius 3 is 2.34 bits per heavy atom. The molecule has 0 spiro atoms. The highest BCUT2D eigenvalue weighted by Crippen LogP contribution is 2.41. The highest BCUT2D eigenvalue weighted by molar-refractivity contribution is 7.89. The summed E-state index contributed by atoms with van der Waals surface area (Å²) in [4.78, 5) is 14.5. The summed E-state index contributed by atoms with van der Waals surface area (Å²) in [7, 11) is -4.17. The Morgan fingerprint density at radius 1 is 1.00 bits per heavy atom. The highest BCUT2D eigenvalue weighted by atomic mass is 35.5. The molecule has 5 rings (SSSR count). The van der Waals surface area contributed by atoms with Crippen molar-refractivity contribution in [2.45, 2.75) is 43.3 Å². The van der Waals surface area contributed by atoms with E-state index in [0.717, 1.165) is 19.4 Å². The van der Waals surface area contributed by atoms with Crippen LogP contribution in [0.25, 0.3) is 0 Å². The number of piperazine rings is 1.